The number of carbonyl (C=O) groups is 4. The number of unbranched alkanes of at least 4 members (excludes halogenated alkanes) is 21. The number of hydrogen-bond donors (Lipinski definition) is 3. The standard InChI is InChI=1S/C87H142O17P2/c1-5-9-13-17-21-25-29-33-37-40-44-47-51-55-59-63-67-71-84(89)97-77-82(103-86(91)73-69-65-61-57-53-49-43-36-32-28-24-20-16-12-8-4)79-101-105(93,94)99-75-81(88)76-100-106(95,96)102-80-83(104-87(92)74-70-66-62-58-54-50-46-42-39-35-31-27-23-19-15-11-7-3)78-98-85(90)72-68-64-60-56-52-48-45-41-38-34-30-26-22-18-14-10-6-2/h21-23,25-28,32-39,43-48,50,55-56,58-60,62,81-83,88H,5-20,24,29-31,40-42,49,51-54,57,61,63-80H2,1-4H3,(H,93,94)(H,95,96)/b25-21-,26-22-,27-23-,32-28-,37-33-,38-34-,39-35-,43-36-,47-44-,48-45-,50-46-,59-55-,60-56-,62-58-/t81-,82-,83-/m1/s1. The number of hydrogen-bond acceptors (Lipinski definition) is 15. The Morgan fingerprint density at radius 1 is 0.274 bits per heavy atom. The second-order valence-electron chi connectivity index (χ2n) is 26.3. The predicted octanol–water partition coefficient (Wildman–Crippen LogP) is 23.8. The summed E-state index contributed by atoms with van der Waals surface area (Å²) in [5.41, 5.74) is 0. The van der Waals surface area contributed by atoms with Crippen molar-refractivity contribution < 1.29 is 80.2 Å². The van der Waals surface area contributed by atoms with Gasteiger partial charge in [0, 0.05) is 25.7 Å². The van der Waals surface area contributed by atoms with Crippen LogP contribution in [0.4, 0.5) is 0 Å². The highest BCUT2D eigenvalue weighted by Crippen LogP contribution is 2.45. The van der Waals surface area contributed by atoms with Crippen molar-refractivity contribution in [2.75, 3.05) is 39.6 Å². The first-order valence-electron chi connectivity index (χ1n) is 40.4. The molecule has 0 spiro atoms. The van der Waals surface area contributed by atoms with Crippen molar-refractivity contribution in [3.05, 3.63) is 170 Å². The number of aliphatic hydroxyl groups excluding tert-OH is 1. The van der Waals surface area contributed by atoms with Gasteiger partial charge in [0.05, 0.1) is 26.4 Å². The number of rotatable bonds is 74. The molecular weight excluding hydrogens is 1380 g/mol. The van der Waals surface area contributed by atoms with Crippen LogP contribution in [0.3, 0.4) is 0 Å². The quantitative estimate of drug-likeness (QED) is 0.0128. The summed E-state index contributed by atoms with van der Waals surface area (Å²) in [5.74, 6) is -2.40. The maximum Gasteiger partial charge on any atom is 0.472 e. The van der Waals surface area contributed by atoms with Crippen molar-refractivity contribution in [1.29, 1.82) is 0 Å². The van der Waals surface area contributed by atoms with Crippen LogP contribution in [-0.4, -0.2) is 96.7 Å². The summed E-state index contributed by atoms with van der Waals surface area (Å²) >= 11 is 0. The Labute approximate surface area is 642 Å². The number of aliphatic hydroxyl groups is 1. The summed E-state index contributed by atoms with van der Waals surface area (Å²) < 4.78 is 68.4. The molecule has 0 aromatic rings. The first-order valence-corrected chi connectivity index (χ1v) is 43.4. The lowest BCUT2D eigenvalue weighted by atomic mass is 10.1. The Balaban J connectivity index is 5.55. The number of esters is 4. The van der Waals surface area contributed by atoms with E-state index >= 15 is 0 Å². The van der Waals surface area contributed by atoms with Crippen molar-refractivity contribution in [3.63, 3.8) is 0 Å². The van der Waals surface area contributed by atoms with Gasteiger partial charge in [0.15, 0.2) is 12.2 Å². The number of allylic oxidation sites excluding steroid dienone is 28. The molecule has 5 atom stereocenters. The lowest BCUT2D eigenvalue weighted by Crippen LogP contribution is -2.30. The first-order chi connectivity index (χ1) is 51.7. The van der Waals surface area contributed by atoms with Gasteiger partial charge in [0.2, 0.25) is 0 Å². The van der Waals surface area contributed by atoms with E-state index in [0.717, 1.165) is 116 Å². The minimum atomic E-state index is -5.02. The highest BCUT2D eigenvalue weighted by Gasteiger charge is 2.30. The second kappa shape index (κ2) is 77.6. The molecule has 3 N–H and O–H groups in total. The fraction of sp³-hybridized carbons (Fsp3) is 0.632. The Morgan fingerprint density at radius 2 is 0.500 bits per heavy atom. The van der Waals surface area contributed by atoms with Gasteiger partial charge in [0.1, 0.15) is 19.3 Å². The minimum Gasteiger partial charge on any atom is -0.462 e. The average Bonchev–Trinajstić information content (AvgIpc) is 0.902. The van der Waals surface area contributed by atoms with E-state index in [4.69, 9.17) is 37.0 Å². The smallest absolute Gasteiger partial charge is 0.462 e. The average molecular weight is 1520 g/mol. The summed E-state index contributed by atoms with van der Waals surface area (Å²) in [6.07, 6.45) is 92.1. The molecule has 0 heterocycles. The Hall–Kier alpha value is -5.58. The monoisotopic (exact) mass is 1520 g/mol. The van der Waals surface area contributed by atoms with E-state index in [-0.39, 0.29) is 25.7 Å². The lowest BCUT2D eigenvalue weighted by Gasteiger charge is -2.21. The Kier molecular flexibility index (Phi) is 73.5. The van der Waals surface area contributed by atoms with E-state index < -0.39 is 97.5 Å². The van der Waals surface area contributed by atoms with E-state index in [1.54, 1.807) is 0 Å². The summed E-state index contributed by atoms with van der Waals surface area (Å²) in [5, 5.41) is 10.6. The Morgan fingerprint density at radius 3 is 0.821 bits per heavy atom. The third kappa shape index (κ3) is 76.6. The third-order valence-electron chi connectivity index (χ3n) is 16.2. The fourth-order valence-corrected chi connectivity index (χ4v) is 11.5. The number of carbonyl (C=O) groups excluding carboxylic acids is 4. The number of phosphoric ester groups is 2. The normalized spacial score (nSPS) is 14.7. The van der Waals surface area contributed by atoms with E-state index in [1.807, 2.05) is 36.5 Å². The summed E-state index contributed by atoms with van der Waals surface area (Å²) in [6, 6.07) is 0. The zero-order valence-electron chi connectivity index (χ0n) is 65.8. The van der Waals surface area contributed by atoms with Crippen molar-refractivity contribution >= 4 is 39.5 Å². The SMILES string of the molecule is CCCCC/C=C\C/C=C\C/C=C\C/C=C\CCCC(=O)OC[C@H](COP(=O)(O)OC[C@H](O)COP(=O)(O)OC[C@@H](COC(=O)CCC/C=C\C/C=C\C/C=C\C/C=C\CCCCC)OC(=O)CCCCCCC/C=C\C=C/CCCCCC)OC(=O)CCC/C=C\C/C=C\C/C=C\C/C=C\CCCCC. The van der Waals surface area contributed by atoms with Gasteiger partial charge in [-0.05, 0) is 167 Å². The predicted molar refractivity (Wildman–Crippen MR) is 436 cm³/mol. The van der Waals surface area contributed by atoms with Crippen LogP contribution in [0.25, 0.3) is 0 Å². The molecule has 17 nitrogen and oxygen atoms in total. The maximum absolute atomic E-state index is 13.1. The molecule has 19 heteroatoms. The molecule has 0 aliphatic heterocycles. The van der Waals surface area contributed by atoms with E-state index in [2.05, 4.69) is 161 Å². The van der Waals surface area contributed by atoms with Gasteiger partial charge in [0.25, 0.3) is 0 Å². The van der Waals surface area contributed by atoms with Gasteiger partial charge in [-0.25, -0.2) is 9.13 Å². The molecule has 0 rings (SSSR count). The van der Waals surface area contributed by atoms with Crippen LogP contribution in [0.15, 0.2) is 170 Å². The molecule has 106 heavy (non-hydrogen) atoms. The molecule has 602 valence electrons. The van der Waals surface area contributed by atoms with Crippen LogP contribution < -0.4 is 0 Å². The van der Waals surface area contributed by atoms with E-state index in [0.29, 0.717) is 44.9 Å². The van der Waals surface area contributed by atoms with Gasteiger partial charge in [-0.15, -0.1) is 0 Å². The van der Waals surface area contributed by atoms with Crippen LogP contribution in [-0.2, 0) is 65.4 Å². The van der Waals surface area contributed by atoms with Crippen LogP contribution in [0.5, 0.6) is 0 Å². The largest absolute Gasteiger partial charge is 0.472 e. The summed E-state index contributed by atoms with van der Waals surface area (Å²) in [7, 11) is -10.0. The van der Waals surface area contributed by atoms with Crippen LogP contribution >= 0.6 is 15.6 Å². The number of ether oxygens (including phenoxy) is 4. The zero-order valence-corrected chi connectivity index (χ0v) is 67.6. The van der Waals surface area contributed by atoms with Crippen molar-refractivity contribution in [3.8, 4) is 0 Å². The lowest BCUT2D eigenvalue weighted by molar-refractivity contribution is -0.161. The molecule has 2 unspecified atom stereocenters. The van der Waals surface area contributed by atoms with Crippen molar-refractivity contribution in [1.82, 2.24) is 0 Å². The van der Waals surface area contributed by atoms with Crippen molar-refractivity contribution in [2.45, 2.75) is 316 Å². The van der Waals surface area contributed by atoms with Crippen molar-refractivity contribution in [2.24, 2.45) is 0 Å². The molecule has 0 aromatic heterocycles. The van der Waals surface area contributed by atoms with Crippen LogP contribution in [0.1, 0.15) is 297 Å². The van der Waals surface area contributed by atoms with Gasteiger partial charge in [-0.3, -0.25) is 37.3 Å². The second-order valence-corrected chi connectivity index (χ2v) is 29.2. The van der Waals surface area contributed by atoms with Crippen LogP contribution in [0.2, 0.25) is 0 Å². The van der Waals surface area contributed by atoms with Crippen LogP contribution in [0, 0.1) is 0 Å². The zero-order chi connectivity index (χ0) is 77.4. The number of phosphoric acid groups is 2. The van der Waals surface area contributed by atoms with Gasteiger partial charge >= 0.3 is 39.5 Å². The topological polar surface area (TPSA) is 237 Å². The van der Waals surface area contributed by atoms with E-state index in [9.17, 15) is 43.2 Å². The molecule has 0 radical (unpaired) electrons. The van der Waals surface area contributed by atoms with Gasteiger partial charge < -0.3 is 33.8 Å². The molecule has 0 saturated heterocycles. The van der Waals surface area contributed by atoms with Gasteiger partial charge in [-0.2, -0.15) is 0 Å². The molecule has 0 saturated carbocycles. The third-order valence-corrected chi connectivity index (χ3v) is 18.1. The molecule has 0 fully saturated rings. The molecular formula is C87H142O17P2. The summed E-state index contributed by atoms with van der Waals surface area (Å²) in [6.45, 7) is 4.55. The highest BCUT2D eigenvalue weighted by molar-refractivity contribution is 7.47. The molecule has 0 aromatic carbocycles. The molecule has 0 aliphatic carbocycles. The van der Waals surface area contributed by atoms with E-state index in [1.165, 1.54) is 83.5 Å². The maximum atomic E-state index is 13.1. The molecule has 0 aliphatic rings. The fourth-order valence-electron chi connectivity index (χ4n) is 9.95. The first kappa shape index (κ1) is 100. The van der Waals surface area contributed by atoms with Gasteiger partial charge in [-0.1, -0.05) is 275 Å². The highest BCUT2D eigenvalue weighted by atomic mass is 31.2. The molecule has 0 amide bonds. The minimum absolute atomic E-state index is 0.000109. The Bertz CT molecular complexity index is 2680. The molecule has 0 bridgehead atoms. The summed E-state index contributed by atoms with van der Waals surface area (Å²) in [4.78, 5) is 73.0.